The molecule has 3 heteroatoms. The number of rotatable bonds is 3. The zero-order valence-electron chi connectivity index (χ0n) is 12.5. The van der Waals surface area contributed by atoms with Crippen molar-refractivity contribution in [2.45, 2.75) is 64.6 Å². The molecule has 3 nitrogen and oxygen atoms in total. The zero-order chi connectivity index (χ0) is 13.2. The van der Waals surface area contributed by atoms with Gasteiger partial charge in [-0.3, -0.25) is 4.90 Å². The van der Waals surface area contributed by atoms with Crippen molar-refractivity contribution in [2.75, 3.05) is 26.2 Å². The van der Waals surface area contributed by atoms with E-state index in [-0.39, 0.29) is 5.54 Å². The summed E-state index contributed by atoms with van der Waals surface area (Å²) in [5, 5.41) is 3.72. The van der Waals surface area contributed by atoms with Crippen LogP contribution in [0.15, 0.2) is 0 Å². The van der Waals surface area contributed by atoms with Crippen LogP contribution in [0.1, 0.15) is 47.0 Å². The predicted octanol–water partition coefficient (Wildman–Crippen LogP) is 2.26. The molecular formula is C15H30N2O. The van der Waals surface area contributed by atoms with Crippen molar-refractivity contribution in [1.29, 1.82) is 0 Å². The van der Waals surface area contributed by atoms with E-state index < -0.39 is 0 Å². The first-order chi connectivity index (χ1) is 8.52. The third kappa shape index (κ3) is 3.06. The summed E-state index contributed by atoms with van der Waals surface area (Å²) in [7, 11) is 0. The molecule has 2 saturated heterocycles. The summed E-state index contributed by atoms with van der Waals surface area (Å²) in [6.07, 6.45) is 4.09. The van der Waals surface area contributed by atoms with Crippen molar-refractivity contribution >= 4 is 0 Å². The lowest BCUT2D eigenvalue weighted by molar-refractivity contribution is 0.0185. The largest absolute Gasteiger partial charge is 0.377 e. The van der Waals surface area contributed by atoms with Crippen molar-refractivity contribution in [2.24, 2.45) is 5.92 Å². The Hall–Kier alpha value is -0.120. The topological polar surface area (TPSA) is 24.5 Å². The standard InChI is InChI=1S/C15H30N2O/c1-12(2)10-14-11-17(8-5-7-16-14)15(4)6-9-18-13(15)3/h12-14,16H,5-11H2,1-4H3. The molecule has 3 atom stereocenters. The third-order valence-corrected chi connectivity index (χ3v) is 4.81. The Morgan fingerprint density at radius 1 is 1.44 bits per heavy atom. The van der Waals surface area contributed by atoms with Gasteiger partial charge in [0.25, 0.3) is 0 Å². The minimum absolute atomic E-state index is 0.251. The van der Waals surface area contributed by atoms with Crippen LogP contribution in [0.3, 0.4) is 0 Å². The van der Waals surface area contributed by atoms with E-state index >= 15 is 0 Å². The maximum Gasteiger partial charge on any atom is 0.0728 e. The molecule has 0 spiro atoms. The average Bonchev–Trinajstić information content (AvgIpc) is 2.53. The Morgan fingerprint density at radius 3 is 2.83 bits per heavy atom. The highest BCUT2D eigenvalue weighted by Gasteiger charge is 2.42. The van der Waals surface area contributed by atoms with Crippen LogP contribution in [-0.4, -0.2) is 48.8 Å². The molecule has 0 radical (unpaired) electrons. The van der Waals surface area contributed by atoms with Crippen molar-refractivity contribution in [1.82, 2.24) is 10.2 Å². The Morgan fingerprint density at radius 2 is 2.22 bits per heavy atom. The van der Waals surface area contributed by atoms with Crippen molar-refractivity contribution in [3.05, 3.63) is 0 Å². The van der Waals surface area contributed by atoms with Crippen LogP contribution in [-0.2, 0) is 4.74 Å². The van der Waals surface area contributed by atoms with Crippen LogP contribution in [0.5, 0.6) is 0 Å². The van der Waals surface area contributed by atoms with Crippen molar-refractivity contribution in [3.8, 4) is 0 Å². The van der Waals surface area contributed by atoms with Crippen LogP contribution >= 0.6 is 0 Å². The first kappa shape index (κ1) is 14.3. The summed E-state index contributed by atoms with van der Waals surface area (Å²) in [4.78, 5) is 2.69. The van der Waals surface area contributed by atoms with E-state index in [1.54, 1.807) is 0 Å². The summed E-state index contributed by atoms with van der Waals surface area (Å²) < 4.78 is 5.82. The lowest BCUT2D eigenvalue weighted by Crippen LogP contribution is -2.54. The van der Waals surface area contributed by atoms with E-state index in [9.17, 15) is 0 Å². The number of nitrogens with zero attached hydrogens (tertiary/aromatic N) is 1. The molecule has 2 aliphatic heterocycles. The molecular weight excluding hydrogens is 224 g/mol. The van der Waals surface area contributed by atoms with Gasteiger partial charge < -0.3 is 10.1 Å². The van der Waals surface area contributed by atoms with Gasteiger partial charge in [0.1, 0.15) is 0 Å². The fourth-order valence-electron chi connectivity index (χ4n) is 3.43. The molecule has 0 aromatic carbocycles. The normalized spacial score (nSPS) is 39.2. The molecule has 2 heterocycles. The summed E-state index contributed by atoms with van der Waals surface area (Å²) in [5.74, 6) is 0.771. The van der Waals surface area contributed by atoms with Crippen molar-refractivity contribution < 1.29 is 4.74 Å². The molecule has 0 amide bonds. The molecule has 2 fully saturated rings. The highest BCUT2D eigenvalue weighted by atomic mass is 16.5. The lowest BCUT2D eigenvalue weighted by atomic mass is 9.91. The van der Waals surface area contributed by atoms with Gasteiger partial charge in [0, 0.05) is 31.3 Å². The maximum absolute atomic E-state index is 5.82. The monoisotopic (exact) mass is 254 g/mol. The molecule has 18 heavy (non-hydrogen) atoms. The van der Waals surface area contributed by atoms with E-state index in [0.29, 0.717) is 12.1 Å². The molecule has 0 aliphatic carbocycles. The first-order valence-corrected chi connectivity index (χ1v) is 7.62. The van der Waals surface area contributed by atoms with E-state index in [2.05, 4.69) is 37.9 Å². The minimum atomic E-state index is 0.251. The van der Waals surface area contributed by atoms with Gasteiger partial charge in [-0.2, -0.15) is 0 Å². The predicted molar refractivity (Wildman–Crippen MR) is 75.9 cm³/mol. The van der Waals surface area contributed by atoms with E-state index in [4.69, 9.17) is 4.74 Å². The molecule has 0 aromatic heterocycles. The third-order valence-electron chi connectivity index (χ3n) is 4.81. The number of hydrogen-bond donors (Lipinski definition) is 1. The Balaban J connectivity index is 2.02. The van der Waals surface area contributed by atoms with E-state index in [0.717, 1.165) is 12.5 Å². The van der Waals surface area contributed by atoms with Gasteiger partial charge in [-0.1, -0.05) is 13.8 Å². The molecule has 0 bridgehead atoms. The van der Waals surface area contributed by atoms with Crippen LogP contribution in [0, 0.1) is 5.92 Å². The molecule has 106 valence electrons. The maximum atomic E-state index is 5.82. The molecule has 2 aliphatic rings. The second-order valence-corrected chi connectivity index (χ2v) is 6.70. The van der Waals surface area contributed by atoms with Gasteiger partial charge in [0.2, 0.25) is 0 Å². The summed E-state index contributed by atoms with van der Waals surface area (Å²) >= 11 is 0. The first-order valence-electron chi connectivity index (χ1n) is 7.62. The fourth-order valence-corrected chi connectivity index (χ4v) is 3.43. The fraction of sp³-hybridized carbons (Fsp3) is 1.00. The molecule has 3 unspecified atom stereocenters. The molecule has 0 aromatic rings. The van der Waals surface area contributed by atoms with Gasteiger partial charge in [-0.05, 0) is 45.6 Å². The van der Waals surface area contributed by atoms with Crippen LogP contribution in [0.2, 0.25) is 0 Å². The molecule has 2 rings (SSSR count). The highest BCUT2D eigenvalue weighted by Crippen LogP contribution is 2.32. The van der Waals surface area contributed by atoms with Crippen LogP contribution < -0.4 is 5.32 Å². The number of nitrogens with one attached hydrogen (secondary N) is 1. The van der Waals surface area contributed by atoms with Crippen molar-refractivity contribution in [3.63, 3.8) is 0 Å². The number of hydrogen-bond acceptors (Lipinski definition) is 3. The minimum Gasteiger partial charge on any atom is -0.377 e. The quantitative estimate of drug-likeness (QED) is 0.836. The van der Waals surface area contributed by atoms with Gasteiger partial charge in [-0.15, -0.1) is 0 Å². The molecule has 1 N–H and O–H groups in total. The van der Waals surface area contributed by atoms with Gasteiger partial charge in [-0.25, -0.2) is 0 Å². The summed E-state index contributed by atoms with van der Waals surface area (Å²) in [6, 6.07) is 0.650. The number of ether oxygens (including phenoxy) is 1. The van der Waals surface area contributed by atoms with Gasteiger partial charge in [0.05, 0.1) is 6.10 Å². The summed E-state index contributed by atoms with van der Waals surface area (Å²) in [5.41, 5.74) is 0.251. The van der Waals surface area contributed by atoms with E-state index in [1.807, 2.05) is 0 Å². The SMILES string of the molecule is CC(C)CC1CN(C2(C)CCOC2C)CCCN1. The second kappa shape index (κ2) is 5.89. The van der Waals surface area contributed by atoms with Crippen LogP contribution in [0.4, 0.5) is 0 Å². The Labute approximate surface area is 112 Å². The second-order valence-electron chi connectivity index (χ2n) is 6.70. The zero-order valence-corrected chi connectivity index (χ0v) is 12.5. The highest BCUT2D eigenvalue weighted by molar-refractivity contribution is 4.97. The van der Waals surface area contributed by atoms with Gasteiger partial charge >= 0.3 is 0 Å². The van der Waals surface area contributed by atoms with Gasteiger partial charge in [0.15, 0.2) is 0 Å². The smallest absolute Gasteiger partial charge is 0.0728 e. The lowest BCUT2D eigenvalue weighted by Gasteiger charge is -2.41. The van der Waals surface area contributed by atoms with Crippen LogP contribution in [0.25, 0.3) is 0 Å². The summed E-state index contributed by atoms with van der Waals surface area (Å²) in [6.45, 7) is 13.8. The Bertz CT molecular complexity index is 269. The molecule has 0 saturated carbocycles. The average molecular weight is 254 g/mol. The Kier molecular flexibility index (Phi) is 4.68. The van der Waals surface area contributed by atoms with E-state index in [1.165, 1.54) is 38.9 Å².